The van der Waals surface area contributed by atoms with Crippen LogP contribution < -0.4 is 4.74 Å². The molecule has 3 fully saturated rings. The zero-order valence-electron chi connectivity index (χ0n) is 10.9. The van der Waals surface area contributed by atoms with Gasteiger partial charge in [-0.05, 0) is 61.1 Å². The van der Waals surface area contributed by atoms with E-state index >= 15 is 0 Å². The lowest BCUT2D eigenvalue weighted by Gasteiger charge is -2.09. The Morgan fingerprint density at radius 3 is 2.53 bits per heavy atom. The third kappa shape index (κ3) is 1.59. The first-order valence-corrected chi connectivity index (χ1v) is 7.46. The monoisotopic (exact) mass is 276 g/mol. The number of ketones is 1. The largest absolute Gasteiger partial charge is 0.497 e. The lowest BCUT2D eigenvalue weighted by Crippen LogP contribution is -2.10. The second-order valence-corrected chi connectivity index (χ2v) is 6.63. The highest BCUT2D eigenvalue weighted by atomic mass is 35.5. The molecule has 2 bridgehead atoms. The number of benzene rings is 1. The molecule has 0 amide bonds. The van der Waals surface area contributed by atoms with Gasteiger partial charge in [0.15, 0.2) is 5.78 Å². The highest BCUT2D eigenvalue weighted by Gasteiger charge is 2.67. The zero-order valence-corrected chi connectivity index (χ0v) is 11.7. The number of fused-ring (bicyclic) bond motifs is 5. The summed E-state index contributed by atoms with van der Waals surface area (Å²) < 4.78 is 5.13. The van der Waals surface area contributed by atoms with Crippen LogP contribution in [0.15, 0.2) is 18.2 Å². The maximum absolute atomic E-state index is 12.6. The van der Waals surface area contributed by atoms with Crippen LogP contribution in [0.3, 0.4) is 0 Å². The topological polar surface area (TPSA) is 26.3 Å². The van der Waals surface area contributed by atoms with E-state index in [1.165, 1.54) is 19.3 Å². The van der Waals surface area contributed by atoms with E-state index in [0.717, 1.165) is 11.8 Å². The van der Waals surface area contributed by atoms with E-state index in [2.05, 4.69) is 0 Å². The Morgan fingerprint density at radius 1 is 1.26 bits per heavy atom. The average molecular weight is 277 g/mol. The van der Waals surface area contributed by atoms with Gasteiger partial charge in [-0.2, -0.15) is 0 Å². The standard InChI is InChI=1S/C16H17ClO2/c1-19-10-4-5-11(12(17)7-10)16(18)15-13-8-2-3-9(6-8)14(13)15/h4-5,7-9,13-15H,2-3,6H2,1H3. The van der Waals surface area contributed by atoms with Gasteiger partial charge in [-0.3, -0.25) is 4.79 Å². The molecule has 0 radical (unpaired) electrons. The zero-order chi connectivity index (χ0) is 13.1. The van der Waals surface area contributed by atoms with Crippen LogP contribution in [-0.4, -0.2) is 12.9 Å². The lowest BCUT2D eigenvalue weighted by molar-refractivity contribution is 0.0944. The third-order valence-corrected chi connectivity index (χ3v) is 5.79. The van der Waals surface area contributed by atoms with Crippen molar-refractivity contribution in [1.29, 1.82) is 0 Å². The first-order valence-electron chi connectivity index (χ1n) is 7.08. The van der Waals surface area contributed by atoms with Crippen LogP contribution in [0.1, 0.15) is 29.6 Å². The quantitative estimate of drug-likeness (QED) is 0.785. The molecule has 0 N–H and O–H groups in total. The van der Waals surface area contributed by atoms with Crippen molar-refractivity contribution in [2.24, 2.45) is 29.6 Å². The predicted molar refractivity (Wildman–Crippen MR) is 73.6 cm³/mol. The number of hydrogen-bond acceptors (Lipinski definition) is 2. The van der Waals surface area contributed by atoms with Crippen LogP contribution in [0, 0.1) is 29.6 Å². The molecule has 0 aromatic heterocycles. The molecule has 100 valence electrons. The van der Waals surface area contributed by atoms with Crippen LogP contribution in [0.5, 0.6) is 5.75 Å². The molecule has 1 aromatic carbocycles. The molecule has 1 aromatic rings. The van der Waals surface area contributed by atoms with Crippen molar-refractivity contribution >= 4 is 17.4 Å². The Kier molecular flexibility index (Phi) is 2.47. The number of hydrogen-bond donors (Lipinski definition) is 0. The van der Waals surface area contributed by atoms with Crippen molar-refractivity contribution < 1.29 is 9.53 Å². The summed E-state index contributed by atoms with van der Waals surface area (Å²) in [7, 11) is 1.61. The van der Waals surface area contributed by atoms with Crippen molar-refractivity contribution in [3.8, 4) is 5.75 Å². The van der Waals surface area contributed by atoms with Gasteiger partial charge in [-0.25, -0.2) is 0 Å². The summed E-state index contributed by atoms with van der Waals surface area (Å²) in [5.41, 5.74) is 0.682. The number of rotatable bonds is 3. The Labute approximate surface area is 118 Å². The smallest absolute Gasteiger partial charge is 0.168 e. The summed E-state index contributed by atoms with van der Waals surface area (Å²) in [6.07, 6.45) is 4.05. The Morgan fingerprint density at radius 2 is 1.95 bits per heavy atom. The van der Waals surface area contributed by atoms with Gasteiger partial charge in [-0.1, -0.05) is 11.6 Å². The molecule has 3 aliphatic carbocycles. The van der Waals surface area contributed by atoms with Gasteiger partial charge in [0.2, 0.25) is 0 Å². The van der Waals surface area contributed by atoms with Crippen LogP contribution >= 0.6 is 11.6 Å². The summed E-state index contributed by atoms with van der Waals surface area (Å²) >= 11 is 6.22. The van der Waals surface area contributed by atoms with Gasteiger partial charge < -0.3 is 4.74 Å². The first-order chi connectivity index (χ1) is 9.20. The fraction of sp³-hybridized carbons (Fsp3) is 0.562. The molecule has 0 heterocycles. The van der Waals surface area contributed by atoms with Gasteiger partial charge in [-0.15, -0.1) is 0 Å². The summed E-state index contributed by atoms with van der Waals surface area (Å²) in [4.78, 5) is 12.6. The normalized spacial score (nSPS) is 38.1. The van der Waals surface area contributed by atoms with Crippen molar-refractivity contribution in [3.63, 3.8) is 0 Å². The fourth-order valence-corrected chi connectivity index (χ4v) is 4.94. The minimum atomic E-state index is 0.261. The molecular formula is C16H17ClO2. The molecule has 4 rings (SSSR count). The van der Waals surface area contributed by atoms with Gasteiger partial charge >= 0.3 is 0 Å². The summed E-state index contributed by atoms with van der Waals surface area (Å²) in [6.45, 7) is 0. The molecule has 4 unspecified atom stereocenters. The van der Waals surface area contributed by atoms with Gasteiger partial charge in [0, 0.05) is 11.5 Å². The molecule has 0 spiro atoms. The first kappa shape index (κ1) is 11.8. The maximum Gasteiger partial charge on any atom is 0.168 e. The van der Waals surface area contributed by atoms with Gasteiger partial charge in [0.25, 0.3) is 0 Å². The van der Waals surface area contributed by atoms with Gasteiger partial charge in [0.05, 0.1) is 12.1 Å². The highest BCUT2D eigenvalue weighted by molar-refractivity contribution is 6.34. The molecule has 3 saturated carbocycles. The summed E-state index contributed by atoms with van der Waals surface area (Å²) in [5.74, 6) is 4.21. The third-order valence-electron chi connectivity index (χ3n) is 5.48. The van der Waals surface area contributed by atoms with Crippen LogP contribution in [0.25, 0.3) is 0 Å². The number of carbonyl (C=O) groups is 1. The molecular weight excluding hydrogens is 260 g/mol. The number of Topliss-reactive ketones (excluding diaryl/α,β-unsaturated/α-hetero) is 1. The number of halogens is 1. The molecule has 19 heavy (non-hydrogen) atoms. The van der Waals surface area contributed by atoms with E-state index in [4.69, 9.17) is 16.3 Å². The van der Waals surface area contributed by atoms with Crippen LogP contribution in [0.2, 0.25) is 5.02 Å². The number of methoxy groups -OCH3 is 1. The second-order valence-electron chi connectivity index (χ2n) is 6.22. The van der Waals surface area contributed by atoms with E-state index in [0.29, 0.717) is 28.2 Å². The fourth-order valence-electron chi connectivity index (χ4n) is 4.68. The molecule has 3 heteroatoms. The minimum absolute atomic E-state index is 0.261. The number of ether oxygens (including phenoxy) is 1. The highest BCUT2D eigenvalue weighted by Crippen LogP contribution is 2.70. The van der Waals surface area contributed by atoms with Gasteiger partial charge in [0.1, 0.15) is 5.75 Å². The summed E-state index contributed by atoms with van der Waals surface area (Å²) in [5, 5.41) is 0.529. The van der Waals surface area contributed by atoms with E-state index < -0.39 is 0 Å². The molecule has 0 aliphatic heterocycles. The van der Waals surface area contributed by atoms with Crippen molar-refractivity contribution in [3.05, 3.63) is 28.8 Å². The lowest BCUT2D eigenvalue weighted by atomic mass is 9.96. The van der Waals surface area contributed by atoms with Crippen molar-refractivity contribution in [1.82, 2.24) is 0 Å². The Bertz CT molecular complexity index is 538. The Balaban J connectivity index is 1.59. The van der Waals surface area contributed by atoms with Crippen molar-refractivity contribution in [2.75, 3.05) is 7.11 Å². The van der Waals surface area contributed by atoms with Crippen molar-refractivity contribution in [2.45, 2.75) is 19.3 Å². The summed E-state index contributed by atoms with van der Waals surface area (Å²) in [6, 6.07) is 5.38. The molecule has 4 atom stereocenters. The van der Waals surface area contributed by atoms with E-state index in [-0.39, 0.29) is 11.7 Å². The predicted octanol–water partition coefficient (Wildman–Crippen LogP) is 3.82. The van der Waals surface area contributed by atoms with E-state index in [1.807, 2.05) is 12.1 Å². The Hall–Kier alpha value is -1.02. The average Bonchev–Trinajstić information content (AvgIpc) is 2.86. The second kappa shape index (κ2) is 3.99. The SMILES string of the molecule is COc1ccc(C(=O)C2C3C4CCC(C4)C23)c(Cl)c1. The van der Waals surface area contributed by atoms with Crippen LogP contribution in [0.4, 0.5) is 0 Å². The molecule has 2 nitrogen and oxygen atoms in total. The molecule has 0 saturated heterocycles. The minimum Gasteiger partial charge on any atom is -0.497 e. The van der Waals surface area contributed by atoms with E-state index in [9.17, 15) is 4.79 Å². The van der Waals surface area contributed by atoms with Crippen LogP contribution in [-0.2, 0) is 0 Å². The maximum atomic E-state index is 12.6. The molecule has 3 aliphatic rings. The van der Waals surface area contributed by atoms with E-state index in [1.54, 1.807) is 13.2 Å². The number of carbonyl (C=O) groups excluding carboxylic acids is 1.